The van der Waals surface area contributed by atoms with Crippen molar-refractivity contribution in [1.82, 2.24) is 4.90 Å². The van der Waals surface area contributed by atoms with Gasteiger partial charge in [-0.15, -0.1) is 0 Å². The number of halogens is 3. The first kappa shape index (κ1) is 18.2. The Balaban J connectivity index is 2.02. The van der Waals surface area contributed by atoms with Crippen molar-refractivity contribution in [2.24, 2.45) is 0 Å². The first-order valence-corrected chi connectivity index (χ1v) is 8.03. The maximum atomic E-state index is 13.0. The minimum absolute atomic E-state index is 0.328. The molecule has 0 fully saturated rings. The van der Waals surface area contributed by atoms with E-state index >= 15 is 0 Å². The second kappa shape index (κ2) is 6.60. The van der Waals surface area contributed by atoms with E-state index in [1.54, 1.807) is 6.07 Å². The molecule has 0 radical (unpaired) electrons. The van der Waals surface area contributed by atoms with Crippen molar-refractivity contribution >= 4 is 5.69 Å². The lowest BCUT2D eigenvalue weighted by molar-refractivity contribution is -0.385. The Bertz CT molecular complexity index is 852. The maximum absolute atomic E-state index is 13.0. The van der Waals surface area contributed by atoms with Crippen molar-refractivity contribution in [3.05, 3.63) is 68.8 Å². The first-order valence-electron chi connectivity index (χ1n) is 8.03. The molecule has 0 aromatic heterocycles. The van der Waals surface area contributed by atoms with Crippen LogP contribution >= 0.6 is 0 Å². The Labute approximate surface area is 147 Å². The van der Waals surface area contributed by atoms with E-state index in [-0.39, 0.29) is 6.04 Å². The van der Waals surface area contributed by atoms with Gasteiger partial charge < -0.3 is 5.11 Å². The molecule has 5 nitrogen and oxygen atoms in total. The van der Waals surface area contributed by atoms with Gasteiger partial charge in [0.15, 0.2) is 5.75 Å². The van der Waals surface area contributed by atoms with Gasteiger partial charge in [-0.1, -0.05) is 12.1 Å². The molecule has 2 aromatic carbocycles. The smallest absolute Gasteiger partial charge is 0.416 e. The zero-order chi connectivity index (χ0) is 19.1. The van der Waals surface area contributed by atoms with Gasteiger partial charge in [0.1, 0.15) is 0 Å². The number of nitro groups is 1. The number of alkyl halides is 3. The molecule has 0 aliphatic carbocycles. The van der Waals surface area contributed by atoms with E-state index in [9.17, 15) is 28.4 Å². The molecule has 0 spiro atoms. The molecule has 0 bridgehead atoms. The van der Waals surface area contributed by atoms with Gasteiger partial charge >= 0.3 is 11.9 Å². The molecule has 138 valence electrons. The highest BCUT2D eigenvalue weighted by atomic mass is 19.4. The van der Waals surface area contributed by atoms with Crippen molar-refractivity contribution in [2.75, 3.05) is 13.6 Å². The SMILES string of the molecule is CN1CCc2cc(O)c([N+](=O)[O-])cc2CC1c1cccc(C(F)(F)F)c1. The third-order valence-corrected chi connectivity index (χ3v) is 4.77. The van der Waals surface area contributed by atoms with E-state index in [1.165, 1.54) is 18.2 Å². The summed E-state index contributed by atoms with van der Waals surface area (Å²) in [5.74, 6) is -0.395. The summed E-state index contributed by atoms with van der Waals surface area (Å²) in [4.78, 5) is 12.3. The Morgan fingerprint density at radius 1 is 1.23 bits per heavy atom. The molecule has 1 aliphatic heterocycles. The number of likely N-dealkylation sites (N-methyl/N-ethyl adjacent to an activating group) is 1. The van der Waals surface area contributed by atoms with Gasteiger partial charge in [-0.05, 0) is 54.8 Å². The fraction of sp³-hybridized carbons (Fsp3) is 0.333. The number of rotatable bonds is 2. The quantitative estimate of drug-likeness (QED) is 0.642. The molecule has 2 aromatic rings. The molecular formula is C18H17F3N2O3. The number of fused-ring (bicyclic) bond motifs is 1. The lowest BCUT2D eigenvalue weighted by Crippen LogP contribution is -2.26. The predicted molar refractivity (Wildman–Crippen MR) is 89.0 cm³/mol. The van der Waals surface area contributed by atoms with Crippen LogP contribution in [0.5, 0.6) is 5.75 Å². The fourth-order valence-electron chi connectivity index (χ4n) is 3.34. The Hall–Kier alpha value is -2.61. The molecule has 26 heavy (non-hydrogen) atoms. The Morgan fingerprint density at radius 3 is 2.62 bits per heavy atom. The highest BCUT2D eigenvalue weighted by molar-refractivity contribution is 5.52. The molecule has 0 saturated carbocycles. The normalized spacial score (nSPS) is 18.2. The van der Waals surface area contributed by atoms with Crippen LogP contribution < -0.4 is 0 Å². The van der Waals surface area contributed by atoms with Gasteiger partial charge in [0.25, 0.3) is 0 Å². The number of hydrogen-bond acceptors (Lipinski definition) is 4. The third-order valence-electron chi connectivity index (χ3n) is 4.77. The van der Waals surface area contributed by atoms with Crippen molar-refractivity contribution in [2.45, 2.75) is 25.1 Å². The molecule has 3 rings (SSSR count). The van der Waals surface area contributed by atoms with Crippen molar-refractivity contribution in [3.63, 3.8) is 0 Å². The van der Waals surface area contributed by atoms with E-state index in [0.29, 0.717) is 30.5 Å². The van der Waals surface area contributed by atoms with Crippen LogP contribution in [0.25, 0.3) is 0 Å². The van der Waals surface area contributed by atoms with E-state index in [4.69, 9.17) is 0 Å². The zero-order valence-corrected chi connectivity index (χ0v) is 14.0. The highest BCUT2D eigenvalue weighted by Gasteiger charge is 2.32. The summed E-state index contributed by atoms with van der Waals surface area (Å²) in [5.41, 5.74) is 0.835. The largest absolute Gasteiger partial charge is 0.502 e. The van der Waals surface area contributed by atoms with Gasteiger partial charge in [-0.25, -0.2) is 0 Å². The van der Waals surface area contributed by atoms with Crippen LogP contribution in [0.2, 0.25) is 0 Å². The molecule has 8 heteroatoms. The minimum Gasteiger partial charge on any atom is -0.502 e. The van der Waals surface area contributed by atoms with Crippen LogP contribution in [0.1, 0.15) is 28.3 Å². The van der Waals surface area contributed by atoms with Crippen LogP contribution in [-0.2, 0) is 19.0 Å². The van der Waals surface area contributed by atoms with E-state index < -0.39 is 28.1 Å². The van der Waals surface area contributed by atoms with Gasteiger partial charge in [0.05, 0.1) is 10.5 Å². The molecule has 1 aliphatic rings. The van der Waals surface area contributed by atoms with Crippen LogP contribution in [0, 0.1) is 10.1 Å². The average molecular weight is 366 g/mol. The third kappa shape index (κ3) is 3.50. The maximum Gasteiger partial charge on any atom is 0.416 e. The first-order chi connectivity index (χ1) is 12.2. The number of aromatic hydroxyl groups is 1. The van der Waals surface area contributed by atoms with Crippen LogP contribution in [0.3, 0.4) is 0 Å². The molecule has 1 atom stereocenters. The summed E-state index contributed by atoms with van der Waals surface area (Å²) >= 11 is 0. The van der Waals surface area contributed by atoms with Crippen LogP contribution in [0.15, 0.2) is 36.4 Å². The summed E-state index contributed by atoms with van der Waals surface area (Å²) in [7, 11) is 1.81. The van der Waals surface area contributed by atoms with Crippen molar-refractivity contribution in [1.29, 1.82) is 0 Å². The van der Waals surface area contributed by atoms with Gasteiger partial charge in [-0.2, -0.15) is 13.2 Å². The predicted octanol–water partition coefficient (Wildman–Crippen LogP) is 4.09. The Morgan fingerprint density at radius 2 is 1.96 bits per heavy atom. The van der Waals surface area contributed by atoms with Gasteiger partial charge in [0.2, 0.25) is 0 Å². The number of phenolic OH excluding ortho intramolecular Hbond substituents is 1. The van der Waals surface area contributed by atoms with Crippen LogP contribution in [0.4, 0.5) is 18.9 Å². The number of nitro benzene ring substituents is 1. The van der Waals surface area contributed by atoms with E-state index in [0.717, 1.165) is 17.7 Å². The molecule has 0 amide bonds. The fourth-order valence-corrected chi connectivity index (χ4v) is 3.34. The zero-order valence-electron chi connectivity index (χ0n) is 14.0. The summed E-state index contributed by atoms with van der Waals surface area (Å²) in [6.07, 6.45) is -3.55. The summed E-state index contributed by atoms with van der Waals surface area (Å²) in [6.45, 7) is 0.561. The van der Waals surface area contributed by atoms with Crippen molar-refractivity contribution in [3.8, 4) is 5.75 Å². The lowest BCUT2D eigenvalue weighted by atomic mass is 9.94. The minimum atomic E-state index is -4.43. The molecule has 1 unspecified atom stereocenters. The number of hydrogen-bond donors (Lipinski definition) is 1. The standard InChI is InChI=1S/C18H17F3N2O3/c1-22-6-5-11-10-17(24)16(23(25)26)9-13(11)8-15(22)12-3-2-4-14(7-12)18(19,20)21/h2-4,7,9-10,15,24H,5-6,8H2,1H3. The Kier molecular flexibility index (Phi) is 4.62. The topological polar surface area (TPSA) is 66.6 Å². The summed E-state index contributed by atoms with van der Waals surface area (Å²) in [6, 6.07) is 7.52. The number of benzene rings is 2. The van der Waals surface area contributed by atoms with Gasteiger partial charge in [-0.3, -0.25) is 15.0 Å². The van der Waals surface area contributed by atoms with Crippen molar-refractivity contribution < 1.29 is 23.2 Å². The molecule has 0 saturated heterocycles. The number of nitrogens with zero attached hydrogens (tertiary/aromatic N) is 2. The second-order valence-corrected chi connectivity index (χ2v) is 6.44. The average Bonchev–Trinajstić information content (AvgIpc) is 2.72. The lowest BCUT2D eigenvalue weighted by Gasteiger charge is -2.26. The van der Waals surface area contributed by atoms with Gasteiger partial charge in [0, 0.05) is 18.7 Å². The second-order valence-electron chi connectivity index (χ2n) is 6.44. The molecule has 1 heterocycles. The monoisotopic (exact) mass is 366 g/mol. The van der Waals surface area contributed by atoms with E-state index in [2.05, 4.69) is 0 Å². The number of phenols is 1. The molecule has 1 N–H and O–H groups in total. The summed E-state index contributed by atoms with van der Waals surface area (Å²) < 4.78 is 39.1. The summed E-state index contributed by atoms with van der Waals surface area (Å²) in [5, 5.41) is 20.9. The highest BCUT2D eigenvalue weighted by Crippen LogP contribution is 2.37. The van der Waals surface area contributed by atoms with Crippen LogP contribution in [-0.4, -0.2) is 28.5 Å². The van der Waals surface area contributed by atoms with E-state index in [1.807, 2.05) is 11.9 Å². The molecular weight excluding hydrogens is 349 g/mol.